The molecule has 0 spiro atoms. The largest absolute Gasteiger partial charge is 0.444 e. The van der Waals surface area contributed by atoms with Crippen LogP contribution in [0.15, 0.2) is 24.5 Å². The Kier molecular flexibility index (Phi) is 11.7. The minimum Gasteiger partial charge on any atom is -0.444 e. The second-order valence-electron chi connectivity index (χ2n) is 24.1. The summed E-state index contributed by atoms with van der Waals surface area (Å²) in [6, 6.07) is 4.41. The summed E-state index contributed by atoms with van der Waals surface area (Å²) in [6.45, 7) is 20.2. The van der Waals surface area contributed by atoms with E-state index < -0.39 is 5.60 Å². The van der Waals surface area contributed by atoms with Crippen LogP contribution in [-0.4, -0.2) is 104 Å². The fourth-order valence-corrected chi connectivity index (χ4v) is 14.0. The third-order valence-corrected chi connectivity index (χ3v) is 18.6. The van der Waals surface area contributed by atoms with Crippen molar-refractivity contribution in [2.24, 2.45) is 24.9 Å². The lowest BCUT2D eigenvalue weighted by atomic mass is 9.57. The van der Waals surface area contributed by atoms with Gasteiger partial charge in [0.05, 0.1) is 45.9 Å². The molecule has 8 heterocycles. The number of aromatic nitrogens is 10. The number of anilines is 2. The van der Waals surface area contributed by atoms with Crippen molar-refractivity contribution < 1.29 is 9.53 Å². The third kappa shape index (κ3) is 8.46. The summed E-state index contributed by atoms with van der Waals surface area (Å²) in [4.78, 5) is 29.2. The summed E-state index contributed by atoms with van der Waals surface area (Å²) < 4.78 is 14.2. The number of ether oxygens (including phenoxy) is 1. The molecule has 0 atom stereocenters. The molecular weight excluding hydrogens is 889 g/mol. The maximum absolute atomic E-state index is 12.9. The van der Waals surface area contributed by atoms with Crippen molar-refractivity contribution in [2.75, 3.05) is 37.0 Å². The van der Waals surface area contributed by atoms with E-state index in [1.165, 1.54) is 78.1 Å². The van der Waals surface area contributed by atoms with Gasteiger partial charge in [0.15, 0.2) is 11.3 Å². The Bertz CT molecular complexity index is 2970. The first-order valence-corrected chi connectivity index (χ1v) is 26.6. The van der Waals surface area contributed by atoms with Crippen LogP contribution in [0.3, 0.4) is 0 Å². The van der Waals surface area contributed by atoms with E-state index in [0.717, 1.165) is 130 Å². The molecule has 6 fully saturated rings. The molecule has 380 valence electrons. The van der Waals surface area contributed by atoms with E-state index in [0.29, 0.717) is 11.0 Å². The SMILES string of the molecule is CNC12CCC(Cn3nc(C)c4c3CCN(c3cc(C)nc5c3cnn5C)C4)(CC1)CC2.Cc1cc(N2CCc3c(c(C)nn3CC34CCC(N(C)C(=O)OC(C)(C)C)(CC3)CC4)C2)c2cnn(C)c2n1. The number of nitrogens with one attached hydrogen (secondary N) is 1. The van der Waals surface area contributed by atoms with Gasteiger partial charge in [0.25, 0.3) is 0 Å². The highest BCUT2D eigenvalue weighted by molar-refractivity contribution is 5.90. The topological polar surface area (TPSA) is 145 Å². The minimum absolute atomic E-state index is 0.0651. The Morgan fingerprint density at radius 3 is 1.51 bits per heavy atom. The summed E-state index contributed by atoms with van der Waals surface area (Å²) >= 11 is 0. The van der Waals surface area contributed by atoms with Crippen LogP contribution in [-0.2, 0) is 57.9 Å². The number of carbonyl (C=O) groups excluding carboxylic acids is 1. The molecule has 6 aliphatic carbocycles. The van der Waals surface area contributed by atoms with Crippen LogP contribution in [0.5, 0.6) is 0 Å². The number of hydrogen-bond donors (Lipinski definition) is 1. The average Bonchev–Trinajstić information content (AvgIpc) is 4.10. The van der Waals surface area contributed by atoms with Crippen molar-refractivity contribution in [3.05, 3.63) is 69.8 Å². The zero-order valence-corrected chi connectivity index (χ0v) is 44.6. The van der Waals surface area contributed by atoms with E-state index in [2.05, 4.69) is 81.6 Å². The zero-order chi connectivity index (χ0) is 49.8. The molecule has 14 rings (SSSR count). The van der Waals surface area contributed by atoms with Gasteiger partial charge in [-0.1, -0.05) is 0 Å². The lowest BCUT2D eigenvalue weighted by Crippen LogP contribution is -2.58. The molecule has 0 radical (unpaired) electrons. The Hall–Kier alpha value is -5.51. The summed E-state index contributed by atoms with van der Waals surface area (Å²) in [5.41, 5.74) is 15.0. The van der Waals surface area contributed by atoms with Crippen molar-refractivity contribution in [3.8, 4) is 0 Å². The molecule has 1 amide bonds. The van der Waals surface area contributed by atoms with Crippen LogP contribution in [0, 0.1) is 38.5 Å². The first-order valence-electron chi connectivity index (χ1n) is 26.6. The third-order valence-electron chi connectivity index (χ3n) is 18.6. The zero-order valence-electron chi connectivity index (χ0n) is 44.6. The highest BCUT2D eigenvalue weighted by Crippen LogP contribution is 2.56. The molecule has 0 saturated heterocycles. The van der Waals surface area contributed by atoms with Crippen LogP contribution in [0.4, 0.5) is 16.2 Å². The Balaban J connectivity index is 0.000000157. The monoisotopic (exact) mass is 967 g/mol. The predicted molar refractivity (Wildman–Crippen MR) is 279 cm³/mol. The molecule has 8 aliphatic rings. The highest BCUT2D eigenvalue weighted by atomic mass is 16.6. The molecule has 16 nitrogen and oxygen atoms in total. The summed E-state index contributed by atoms with van der Waals surface area (Å²) in [5, 5.41) is 25.0. The smallest absolute Gasteiger partial charge is 0.410 e. The standard InChI is InChI=1S/C30H43N7O2.C25H35N7/c1-20-16-25(22-17-31-35(7)26(22)32-20)36-15-8-24-23(18-36)21(2)33-37(24)19-29-9-12-30(13-10-29,14-11-29)34(6)27(38)39-28(3,4)5;1-17-13-22(19-14-27-30(4)23(19)28-17)31-12-5-21-20(15-31)18(2)29-32(21)16-24-6-9-25(26-3,10-7-24)11-8-24/h16-17H,8-15,18-19H2,1-7H3;13-14,26H,5-12,15-16H2,1-4H3. The molecule has 2 aliphatic heterocycles. The number of carbonyl (C=O) groups is 1. The van der Waals surface area contributed by atoms with E-state index in [4.69, 9.17) is 24.9 Å². The average molecular weight is 967 g/mol. The molecule has 1 N–H and O–H groups in total. The number of pyridine rings is 2. The van der Waals surface area contributed by atoms with E-state index in [9.17, 15) is 4.79 Å². The van der Waals surface area contributed by atoms with Crippen LogP contribution in [0.25, 0.3) is 22.1 Å². The number of aryl methyl sites for hydroxylation is 6. The first-order chi connectivity index (χ1) is 33.8. The van der Waals surface area contributed by atoms with Crippen LogP contribution in [0.1, 0.15) is 143 Å². The normalized spacial score (nSPS) is 25.9. The van der Waals surface area contributed by atoms with Crippen LogP contribution in [0.2, 0.25) is 0 Å². The lowest BCUT2D eigenvalue weighted by molar-refractivity contribution is -0.0606. The van der Waals surface area contributed by atoms with Gasteiger partial charge >= 0.3 is 6.09 Å². The molecule has 0 aromatic carbocycles. The summed E-state index contributed by atoms with van der Waals surface area (Å²) in [7, 11) is 8.02. The number of amides is 1. The number of hydrogen-bond acceptors (Lipinski definition) is 11. The quantitative estimate of drug-likeness (QED) is 0.156. The molecule has 6 aromatic heterocycles. The van der Waals surface area contributed by atoms with E-state index >= 15 is 0 Å². The maximum Gasteiger partial charge on any atom is 0.410 e. The van der Waals surface area contributed by atoms with E-state index in [-0.39, 0.29) is 17.0 Å². The van der Waals surface area contributed by atoms with Gasteiger partial charge in [-0.15, -0.1) is 0 Å². The summed E-state index contributed by atoms with van der Waals surface area (Å²) in [5.74, 6) is 0. The van der Waals surface area contributed by atoms with E-state index in [1.54, 1.807) is 0 Å². The number of rotatable bonds is 8. The van der Waals surface area contributed by atoms with Crippen molar-refractivity contribution >= 4 is 39.5 Å². The van der Waals surface area contributed by atoms with Crippen molar-refractivity contribution in [3.63, 3.8) is 0 Å². The van der Waals surface area contributed by atoms with Crippen molar-refractivity contribution in [1.29, 1.82) is 0 Å². The van der Waals surface area contributed by atoms with E-state index in [1.807, 2.05) is 68.6 Å². The maximum atomic E-state index is 12.9. The van der Waals surface area contributed by atoms with Gasteiger partial charge in [0.2, 0.25) is 0 Å². The Morgan fingerprint density at radius 1 is 0.676 bits per heavy atom. The van der Waals surface area contributed by atoms with Gasteiger partial charge in [0.1, 0.15) is 5.60 Å². The first kappa shape index (κ1) is 47.8. The predicted octanol–water partition coefficient (Wildman–Crippen LogP) is 8.96. The molecular formula is C55H78N14O2. The van der Waals surface area contributed by atoms with Gasteiger partial charge in [-0.2, -0.15) is 20.4 Å². The van der Waals surface area contributed by atoms with Crippen molar-refractivity contribution in [2.45, 2.75) is 181 Å². The molecule has 16 heteroatoms. The minimum atomic E-state index is -0.470. The Labute approximate surface area is 419 Å². The van der Waals surface area contributed by atoms with Gasteiger partial charge in [-0.25, -0.2) is 14.8 Å². The highest BCUT2D eigenvalue weighted by Gasteiger charge is 2.53. The van der Waals surface area contributed by atoms with Gasteiger partial charge in [0, 0.05) is 118 Å². The molecule has 0 unspecified atom stereocenters. The molecule has 71 heavy (non-hydrogen) atoms. The Morgan fingerprint density at radius 2 is 1.10 bits per heavy atom. The number of fused-ring (bicyclic) bond motifs is 10. The van der Waals surface area contributed by atoms with Crippen LogP contribution >= 0.6 is 0 Å². The van der Waals surface area contributed by atoms with Crippen LogP contribution < -0.4 is 15.1 Å². The lowest BCUT2D eigenvalue weighted by Gasteiger charge is -2.56. The second kappa shape index (κ2) is 17.3. The molecule has 6 saturated carbocycles. The second-order valence-corrected chi connectivity index (χ2v) is 24.1. The van der Waals surface area contributed by atoms with Gasteiger partial charge < -0.3 is 24.8 Å². The fourth-order valence-electron chi connectivity index (χ4n) is 14.0. The van der Waals surface area contributed by atoms with Crippen molar-refractivity contribution in [1.82, 2.24) is 59.3 Å². The summed E-state index contributed by atoms with van der Waals surface area (Å²) in [6.07, 6.45) is 20.3. The molecule has 4 bridgehead atoms. The fraction of sp³-hybridized carbons (Fsp3) is 0.655. The molecule has 6 aromatic rings. The van der Waals surface area contributed by atoms with Gasteiger partial charge in [-0.3, -0.25) is 18.7 Å². The van der Waals surface area contributed by atoms with Gasteiger partial charge in [-0.05, 0) is 156 Å². The number of nitrogens with zero attached hydrogens (tertiary/aromatic N) is 13.